The van der Waals surface area contributed by atoms with Gasteiger partial charge >= 0.3 is 0 Å². The van der Waals surface area contributed by atoms with Gasteiger partial charge in [0, 0.05) is 4.47 Å². The molecule has 0 fully saturated rings. The van der Waals surface area contributed by atoms with Gasteiger partial charge in [-0.25, -0.2) is 4.39 Å². The SMILES string of the molecule is N#Cc1cc(Br)ccc1OCCOc1ccc(F)cc1. The van der Waals surface area contributed by atoms with Crippen LogP contribution >= 0.6 is 15.9 Å². The lowest BCUT2D eigenvalue weighted by atomic mass is 10.2. The van der Waals surface area contributed by atoms with Crippen molar-refractivity contribution in [3.8, 4) is 17.6 Å². The van der Waals surface area contributed by atoms with E-state index in [1.165, 1.54) is 12.1 Å². The van der Waals surface area contributed by atoms with Crippen molar-refractivity contribution in [1.82, 2.24) is 0 Å². The molecule has 2 aromatic rings. The maximum Gasteiger partial charge on any atom is 0.137 e. The molecule has 0 aromatic heterocycles. The quantitative estimate of drug-likeness (QED) is 0.778. The van der Waals surface area contributed by atoms with E-state index in [0.717, 1.165) is 4.47 Å². The van der Waals surface area contributed by atoms with E-state index in [-0.39, 0.29) is 5.82 Å². The number of rotatable bonds is 5. The smallest absolute Gasteiger partial charge is 0.137 e. The van der Waals surface area contributed by atoms with Crippen LogP contribution in [0.25, 0.3) is 0 Å². The molecule has 0 spiro atoms. The van der Waals surface area contributed by atoms with Crippen LogP contribution in [-0.4, -0.2) is 13.2 Å². The highest BCUT2D eigenvalue weighted by Gasteiger charge is 2.04. The summed E-state index contributed by atoms with van der Waals surface area (Å²) in [6, 6.07) is 13.0. The maximum atomic E-state index is 12.7. The molecule has 0 saturated heterocycles. The molecule has 0 saturated carbocycles. The third-order valence-corrected chi connectivity index (χ3v) is 2.98. The van der Waals surface area contributed by atoms with Gasteiger partial charge in [-0.05, 0) is 42.5 Å². The minimum absolute atomic E-state index is 0.299. The number of hydrogen-bond acceptors (Lipinski definition) is 3. The molecule has 5 heteroatoms. The largest absolute Gasteiger partial charge is 0.490 e. The van der Waals surface area contributed by atoms with Crippen molar-refractivity contribution in [2.24, 2.45) is 0 Å². The fourth-order valence-electron chi connectivity index (χ4n) is 1.56. The summed E-state index contributed by atoms with van der Waals surface area (Å²) in [7, 11) is 0. The molecule has 0 amide bonds. The summed E-state index contributed by atoms with van der Waals surface area (Å²) in [5.74, 6) is 0.784. The van der Waals surface area contributed by atoms with E-state index in [0.29, 0.717) is 30.3 Å². The van der Waals surface area contributed by atoms with E-state index in [1.54, 1.807) is 30.3 Å². The average Bonchev–Trinajstić information content (AvgIpc) is 2.46. The van der Waals surface area contributed by atoms with Gasteiger partial charge in [0.05, 0.1) is 5.56 Å². The molecule has 20 heavy (non-hydrogen) atoms. The molecule has 102 valence electrons. The van der Waals surface area contributed by atoms with Gasteiger partial charge in [0.15, 0.2) is 0 Å². The molecule has 0 radical (unpaired) electrons. The van der Waals surface area contributed by atoms with Gasteiger partial charge in [-0.1, -0.05) is 15.9 Å². The molecule has 0 atom stereocenters. The highest BCUT2D eigenvalue weighted by Crippen LogP contribution is 2.22. The molecule has 0 N–H and O–H groups in total. The zero-order valence-electron chi connectivity index (χ0n) is 10.5. The first kappa shape index (κ1) is 14.4. The van der Waals surface area contributed by atoms with Crippen LogP contribution < -0.4 is 9.47 Å². The highest BCUT2D eigenvalue weighted by molar-refractivity contribution is 9.10. The molecule has 0 aliphatic heterocycles. The summed E-state index contributed by atoms with van der Waals surface area (Å²) in [5, 5.41) is 8.99. The van der Waals surface area contributed by atoms with E-state index in [1.807, 2.05) is 0 Å². The standard InChI is InChI=1S/C15H11BrFNO2/c16-12-1-6-15(11(9-12)10-18)20-8-7-19-14-4-2-13(17)3-5-14/h1-6,9H,7-8H2. The molecule has 0 aliphatic carbocycles. The maximum absolute atomic E-state index is 12.7. The number of hydrogen-bond donors (Lipinski definition) is 0. The summed E-state index contributed by atoms with van der Waals surface area (Å²) in [6.45, 7) is 0.611. The van der Waals surface area contributed by atoms with Gasteiger partial charge in [-0.15, -0.1) is 0 Å². The van der Waals surface area contributed by atoms with Crippen LogP contribution in [0.5, 0.6) is 11.5 Å². The summed E-state index contributed by atoms with van der Waals surface area (Å²) >= 11 is 3.29. The van der Waals surface area contributed by atoms with Gasteiger partial charge in [0.25, 0.3) is 0 Å². The average molecular weight is 336 g/mol. The predicted octanol–water partition coefficient (Wildman–Crippen LogP) is 3.92. The first-order chi connectivity index (χ1) is 9.69. The fourth-order valence-corrected chi connectivity index (χ4v) is 1.92. The van der Waals surface area contributed by atoms with E-state index >= 15 is 0 Å². The van der Waals surface area contributed by atoms with Crippen LogP contribution in [0.3, 0.4) is 0 Å². The van der Waals surface area contributed by atoms with Crippen LogP contribution in [0.1, 0.15) is 5.56 Å². The van der Waals surface area contributed by atoms with Crippen molar-refractivity contribution in [3.05, 3.63) is 58.3 Å². The minimum Gasteiger partial charge on any atom is -0.490 e. The molecule has 3 nitrogen and oxygen atoms in total. The lowest BCUT2D eigenvalue weighted by Gasteiger charge is -2.09. The predicted molar refractivity (Wildman–Crippen MR) is 76.2 cm³/mol. The van der Waals surface area contributed by atoms with E-state index < -0.39 is 0 Å². The lowest BCUT2D eigenvalue weighted by Crippen LogP contribution is -2.09. The lowest BCUT2D eigenvalue weighted by molar-refractivity contribution is 0.216. The number of halogens is 2. The Kier molecular flexibility index (Phi) is 4.97. The zero-order chi connectivity index (χ0) is 14.4. The van der Waals surface area contributed by atoms with Crippen LogP contribution in [-0.2, 0) is 0 Å². The van der Waals surface area contributed by atoms with Crippen molar-refractivity contribution >= 4 is 15.9 Å². The van der Waals surface area contributed by atoms with E-state index in [9.17, 15) is 4.39 Å². The Morgan fingerprint density at radius 3 is 2.45 bits per heavy atom. The van der Waals surface area contributed by atoms with E-state index in [4.69, 9.17) is 14.7 Å². The second-order valence-corrected chi connectivity index (χ2v) is 4.82. The normalized spacial score (nSPS) is 9.85. The molecule has 2 rings (SSSR count). The fraction of sp³-hybridized carbons (Fsp3) is 0.133. The van der Waals surface area contributed by atoms with Crippen molar-refractivity contribution in [2.45, 2.75) is 0 Å². The Bertz CT molecular complexity index is 623. The number of nitriles is 1. The molecule has 0 aliphatic rings. The molecule has 2 aromatic carbocycles. The third kappa shape index (κ3) is 3.97. The Balaban J connectivity index is 1.84. The first-order valence-electron chi connectivity index (χ1n) is 5.90. The minimum atomic E-state index is -0.304. The summed E-state index contributed by atoms with van der Waals surface area (Å²) in [5.41, 5.74) is 0.459. The Hall–Kier alpha value is -2.06. The van der Waals surface area contributed by atoms with Crippen LogP contribution in [0.15, 0.2) is 46.9 Å². The van der Waals surface area contributed by atoms with Crippen LogP contribution in [0.4, 0.5) is 4.39 Å². The zero-order valence-corrected chi connectivity index (χ0v) is 12.1. The van der Waals surface area contributed by atoms with Gasteiger partial charge in [0.1, 0.15) is 36.6 Å². The van der Waals surface area contributed by atoms with Crippen molar-refractivity contribution in [1.29, 1.82) is 5.26 Å². The van der Waals surface area contributed by atoms with Gasteiger partial charge in [-0.3, -0.25) is 0 Å². The second kappa shape index (κ2) is 6.92. The van der Waals surface area contributed by atoms with Crippen molar-refractivity contribution in [3.63, 3.8) is 0 Å². The topological polar surface area (TPSA) is 42.2 Å². The van der Waals surface area contributed by atoms with Gasteiger partial charge < -0.3 is 9.47 Å². The molecular weight excluding hydrogens is 325 g/mol. The van der Waals surface area contributed by atoms with E-state index in [2.05, 4.69) is 22.0 Å². The first-order valence-corrected chi connectivity index (χ1v) is 6.69. The summed E-state index contributed by atoms with van der Waals surface area (Å²) in [6.07, 6.45) is 0. The molecule has 0 bridgehead atoms. The van der Waals surface area contributed by atoms with Crippen molar-refractivity contribution in [2.75, 3.05) is 13.2 Å². The molecular formula is C15H11BrFNO2. The van der Waals surface area contributed by atoms with Crippen molar-refractivity contribution < 1.29 is 13.9 Å². The number of ether oxygens (including phenoxy) is 2. The summed E-state index contributed by atoms with van der Waals surface area (Å²) < 4.78 is 24.4. The summed E-state index contributed by atoms with van der Waals surface area (Å²) in [4.78, 5) is 0. The number of benzene rings is 2. The molecule has 0 heterocycles. The molecule has 0 unspecified atom stereocenters. The third-order valence-electron chi connectivity index (χ3n) is 2.49. The monoisotopic (exact) mass is 335 g/mol. The Morgan fingerprint density at radius 1 is 1.05 bits per heavy atom. The Labute approximate surface area is 124 Å². The highest BCUT2D eigenvalue weighted by atomic mass is 79.9. The van der Waals surface area contributed by atoms with Crippen LogP contribution in [0, 0.1) is 17.1 Å². The van der Waals surface area contributed by atoms with Gasteiger partial charge in [-0.2, -0.15) is 5.26 Å². The Morgan fingerprint density at radius 2 is 1.75 bits per heavy atom. The van der Waals surface area contributed by atoms with Crippen LogP contribution in [0.2, 0.25) is 0 Å². The van der Waals surface area contributed by atoms with Gasteiger partial charge in [0.2, 0.25) is 0 Å². The second-order valence-electron chi connectivity index (χ2n) is 3.90. The number of nitrogens with zero attached hydrogens (tertiary/aromatic N) is 1.